The van der Waals surface area contributed by atoms with E-state index in [9.17, 15) is 18.0 Å². The van der Waals surface area contributed by atoms with Crippen LogP contribution in [-0.2, 0) is 10.9 Å². The monoisotopic (exact) mass is 334 g/mol. The summed E-state index contributed by atoms with van der Waals surface area (Å²) in [4.78, 5) is 15.8. The van der Waals surface area contributed by atoms with E-state index >= 15 is 0 Å². The maximum Gasteiger partial charge on any atom is 0.416 e. The molecule has 0 fully saturated rings. The second-order valence-corrected chi connectivity index (χ2v) is 5.09. The summed E-state index contributed by atoms with van der Waals surface area (Å²) in [6, 6.07) is 10.0. The molecular formula is C17H13F3N2O2. The third-order valence-corrected chi connectivity index (χ3v) is 3.51. The van der Waals surface area contributed by atoms with Crippen LogP contribution in [0.4, 0.5) is 13.2 Å². The van der Waals surface area contributed by atoms with Gasteiger partial charge in [0, 0.05) is 5.69 Å². The van der Waals surface area contributed by atoms with Crippen molar-refractivity contribution in [3.8, 4) is 5.69 Å². The molecule has 124 valence electrons. The van der Waals surface area contributed by atoms with Crippen LogP contribution in [0.25, 0.3) is 16.7 Å². The highest BCUT2D eigenvalue weighted by Crippen LogP contribution is 2.31. The summed E-state index contributed by atoms with van der Waals surface area (Å²) in [6.07, 6.45) is -2.99. The zero-order valence-corrected chi connectivity index (χ0v) is 12.7. The first-order valence-electron chi connectivity index (χ1n) is 7.22. The van der Waals surface area contributed by atoms with E-state index in [1.165, 1.54) is 12.4 Å². The molecule has 0 unspecified atom stereocenters. The quantitative estimate of drug-likeness (QED) is 0.674. The number of benzene rings is 2. The number of hydrogen-bond donors (Lipinski definition) is 0. The van der Waals surface area contributed by atoms with E-state index in [4.69, 9.17) is 4.74 Å². The fourth-order valence-electron chi connectivity index (χ4n) is 2.39. The molecule has 4 nitrogen and oxygen atoms in total. The Morgan fingerprint density at radius 3 is 2.71 bits per heavy atom. The smallest absolute Gasteiger partial charge is 0.416 e. The molecule has 1 aromatic heterocycles. The number of aromatic nitrogens is 2. The van der Waals surface area contributed by atoms with Crippen molar-refractivity contribution in [1.82, 2.24) is 9.55 Å². The van der Waals surface area contributed by atoms with E-state index in [-0.39, 0.29) is 12.1 Å². The van der Waals surface area contributed by atoms with E-state index in [1.807, 2.05) is 0 Å². The molecule has 3 aromatic rings. The largest absolute Gasteiger partial charge is 0.462 e. The zero-order valence-electron chi connectivity index (χ0n) is 12.7. The standard InChI is InChI=1S/C17H13F3N2O2/c1-2-24-16(23)11-4-3-5-13(8-11)22-10-21-14-9-12(17(18,19)20)6-7-15(14)22/h3-10H,2H2,1H3. The molecule has 1 heterocycles. The van der Waals surface area contributed by atoms with Crippen molar-refractivity contribution in [2.45, 2.75) is 13.1 Å². The average Bonchev–Trinajstić information content (AvgIpc) is 2.97. The van der Waals surface area contributed by atoms with Gasteiger partial charge in [-0.15, -0.1) is 0 Å². The summed E-state index contributed by atoms with van der Waals surface area (Å²) in [6.45, 7) is 1.97. The molecule has 24 heavy (non-hydrogen) atoms. The van der Waals surface area contributed by atoms with E-state index in [0.29, 0.717) is 16.8 Å². The van der Waals surface area contributed by atoms with Gasteiger partial charge in [0.05, 0.1) is 28.8 Å². The molecule has 0 saturated heterocycles. The molecule has 0 saturated carbocycles. The van der Waals surface area contributed by atoms with Crippen molar-refractivity contribution in [3.05, 3.63) is 59.9 Å². The van der Waals surface area contributed by atoms with E-state index in [0.717, 1.165) is 12.1 Å². The molecule has 0 spiro atoms. The van der Waals surface area contributed by atoms with Gasteiger partial charge < -0.3 is 4.74 Å². The molecular weight excluding hydrogens is 321 g/mol. The van der Waals surface area contributed by atoms with Crippen LogP contribution < -0.4 is 0 Å². The lowest BCUT2D eigenvalue weighted by Crippen LogP contribution is -2.05. The van der Waals surface area contributed by atoms with E-state index in [1.54, 1.807) is 35.8 Å². The number of esters is 1. The number of carbonyl (C=O) groups is 1. The van der Waals surface area contributed by atoms with Gasteiger partial charge >= 0.3 is 12.1 Å². The first-order valence-corrected chi connectivity index (χ1v) is 7.22. The Labute approximate surface area is 135 Å². The minimum Gasteiger partial charge on any atom is -0.462 e. The summed E-state index contributed by atoms with van der Waals surface area (Å²) in [7, 11) is 0. The molecule has 0 amide bonds. The van der Waals surface area contributed by atoms with Crippen LogP contribution in [0, 0.1) is 0 Å². The van der Waals surface area contributed by atoms with Gasteiger partial charge in [-0.1, -0.05) is 6.07 Å². The van der Waals surface area contributed by atoms with Gasteiger partial charge in [-0.2, -0.15) is 13.2 Å². The number of hydrogen-bond acceptors (Lipinski definition) is 3. The van der Waals surface area contributed by atoms with Crippen LogP contribution in [0.2, 0.25) is 0 Å². The van der Waals surface area contributed by atoms with Gasteiger partial charge in [-0.25, -0.2) is 9.78 Å². The second kappa shape index (κ2) is 5.99. The van der Waals surface area contributed by atoms with Crippen LogP contribution in [0.5, 0.6) is 0 Å². The Morgan fingerprint density at radius 2 is 2.00 bits per heavy atom. The van der Waals surface area contributed by atoms with Crippen LogP contribution in [0.1, 0.15) is 22.8 Å². The number of imidazole rings is 1. The zero-order chi connectivity index (χ0) is 17.3. The van der Waals surface area contributed by atoms with Gasteiger partial charge in [0.2, 0.25) is 0 Å². The van der Waals surface area contributed by atoms with Crippen molar-refractivity contribution in [3.63, 3.8) is 0 Å². The SMILES string of the molecule is CCOC(=O)c1cccc(-n2cnc3cc(C(F)(F)F)ccc32)c1. The van der Waals surface area contributed by atoms with Crippen LogP contribution in [0.15, 0.2) is 48.8 Å². The molecule has 0 bridgehead atoms. The lowest BCUT2D eigenvalue weighted by Gasteiger charge is -2.08. The molecule has 7 heteroatoms. The molecule has 0 radical (unpaired) electrons. The van der Waals surface area contributed by atoms with Crippen molar-refractivity contribution in [1.29, 1.82) is 0 Å². The molecule has 3 rings (SSSR count). The number of rotatable bonds is 3. The van der Waals surface area contributed by atoms with Gasteiger partial charge in [-0.05, 0) is 43.3 Å². The molecule has 0 aliphatic carbocycles. The predicted molar refractivity (Wildman–Crippen MR) is 82.0 cm³/mol. The van der Waals surface area contributed by atoms with Gasteiger partial charge in [-0.3, -0.25) is 4.57 Å². The normalized spacial score (nSPS) is 11.7. The molecule has 0 aliphatic heterocycles. The fraction of sp³-hybridized carbons (Fsp3) is 0.176. The third-order valence-electron chi connectivity index (χ3n) is 3.51. The molecule has 0 N–H and O–H groups in total. The Kier molecular flexibility index (Phi) is 4.01. The first kappa shape index (κ1) is 16.0. The molecule has 0 atom stereocenters. The maximum absolute atomic E-state index is 12.8. The lowest BCUT2D eigenvalue weighted by molar-refractivity contribution is -0.137. The predicted octanol–water partition coefficient (Wildman–Crippen LogP) is 4.22. The Hall–Kier alpha value is -2.83. The van der Waals surface area contributed by atoms with Crippen LogP contribution in [-0.4, -0.2) is 22.1 Å². The number of alkyl halides is 3. The Balaban J connectivity index is 2.04. The Bertz CT molecular complexity index is 900. The number of fused-ring (bicyclic) bond motifs is 1. The highest BCUT2D eigenvalue weighted by Gasteiger charge is 2.30. The highest BCUT2D eigenvalue weighted by atomic mass is 19.4. The third kappa shape index (κ3) is 2.97. The maximum atomic E-state index is 12.8. The number of halogens is 3. The summed E-state index contributed by atoms with van der Waals surface area (Å²) >= 11 is 0. The fourth-order valence-corrected chi connectivity index (χ4v) is 2.39. The Morgan fingerprint density at radius 1 is 1.21 bits per heavy atom. The minimum absolute atomic E-state index is 0.228. The number of carbonyl (C=O) groups excluding carboxylic acids is 1. The minimum atomic E-state index is -4.41. The highest BCUT2D eigenvalue weighted by molar-refractivity contribution is 5.90. The summed E-state index contributed by atoms with van der Waals surface area (Å²) in [5.41, 5.74) is 0.974. The van der Waals surface area contributed by atoms with Crippen LogP contribution >= 0.6 is 0 Å². The van der Waals surface area contributed by atoms with Gasteiger partial charge in [0.25, 0.3) is 0 Å². The van der Waals surface area contributed by atoms with E-state index in [2.05, 4.69) is 4.98 Å². The van der Waals surface area contributed by atoms with Gasteiger partial charge in [0.1, 0.15) is 6.33 Å². The van der Waals surface area contributed by atoms with Crippen molar-refractivity contribution in [2.75, 3.05) is 6.61 Å². The van der Waals surface area contributed by atoms with Crippen molar-refractivity contribution in [2.24, 2.45) is 0 Å². The summed E-state index contributed by atoms with van der Waals surface area (Å²) in [5.74, 6) is -0.455. The average molecular weight is 334 g/mol. The summed E-state index contributed by atoms with van der Waals surface area (Å²) in [5, 5.41) is 0. The van der Waals surface area contributed by atoms with Crippen molar-refractivity contribution < 1.29 is 22.7 Å². The number of nitrogens with zero attached hydrogens (tertiary/aromatic N) is 2. The number of ether oxygens (including phenoxy) is 1. The summed E-state index contributed by atoms with van der Waals surface area (Å²) < 4.78 is 44.9. The molecule has 0 aliphatic rings. The second-order valence-electron chi connectivity index (χ2n) is 5.09. The lowest BCUT2D eigenvalue weighted by atomic mass is 10.1. The van der Waals surface area contributed by atoms with Crippen LogP contribution in [0.3, 0.4) is 0 Å². The topological polar surface area (TPSA) is 44.1 Å². The van der Waals surface area contributed by atoms with Crippen molar-refractivity contribution >= 4 is 17.0 Å². The van der Waals surface area contributed by atoms with E-state index < -0.39 is 17.7 Å². The first-order chi connectivity index (χ1) is 11.4. The molecule has 2 aromatic carbocycles. The van der Waals surface area contributed by atoms with Gasteiger partial charge in [0.15, 0.2) is 0 Å².